The van der Waals surface area contributed by atoms with Gasteiger partial charge in [0.25, 0.3) is 0 Å². The lowest BCUT2D eigenvalue weighted by atomic mass is 10.1. The maximum absolute atomic E-state index is 5.31. The van der Waals surface area contributed by atoms with Crippen molar-refractivity contribution in [3.63, 3.8) is 0 Å². The van der Waals surface area contributed by atoms with Crippen LogP contribution in [-0.2, 0) is 11.3 Å². The van der Waals surface area contributed by atoms with Crippen molar-refractivity contribution in [1.82, 2.24) is 10.4 Å². The maximum atomic E-state index is 5.31. The quantitative estimate of drug-likeness (QED) is 0.838. The van der Waals surface area contributed by atoms with Gasteiger partial charge in [-0.05, 0) is 25.0 Å². The van der Waals surface area contributed by atoms with E-state index in [-0.39, 0.29) is 0 Å². The zero-order chi connectivity index (χ0) is 11.4. The van der Waals surface area contributed by atoms with Gasteiger partial charge < -0.3 is 4.74 Å². The molecule has 0 saturated carbocycles. The minimum Gasteiger partial charge on any atom is -0.379 e. The van der Waals surface area contributed by atoms with E-state index in [1.807, 2.05) is 0 Å². The highest BCUT2D eigenvalue weighted by Gasteiger charge is 2.09. The van der Waals surface area contributed by atoms with Crippen molar-refractivity contribution in [2.24, 2.45) is 0 Å². The van der Waals surface area contributed by atoms with Crippen molar-refractivity contribution in [3.05, 3.63) is 34.9 Å². The van der Waals surface area contributed by atoms with E-state index in [4.69, 9.17) is 4.74 Å². The van der Waals surface area contributed by atoms with Crippen LogP contribution in [0.25, 0.3) is 0 Å². The van der Waals surface area contributed by atoms with Crippen LogP contribution in [-0.4, -0.2) is 31.3 Å². The van der Waals surface area contributed by atoms with Crippen LogP contribution in [0.5, 0.6) is 0 Å². The number of nitrogens with zero attached hydrogens (tertiary/aromatic N) is 1. The van der Waals surface area contributed by atoms with Gasteiger partial charge in [0.15, 0.2) is 0 Å². The molecule has 3 heteroatoms. The van der Waals surface area contributed by atoms with Gasteiger partial charge in [-0.25, -0.2) is 5.01 Å². The van der Waals surface area contributed by atoms with Crippen molar-refractivity contribution in [2.75, 3.05) is 26.3 Å². The Kier molecular flexibility index (Phi) is 3.93. The second-order valence-corrected chi connectivity index (χ2v) is 4.36. The van der Waals surface area contributed by atoms with Crippen LogP contribution in [0.1, 0.15) is 16.7 Å². The number of nitrogens with one attached hydrogen (secondary N) is 1. The van der Waals surface area contributed by atoms with Crippen LogP contribution in [0.15, 0.2) is 18.2 Å². The molecule has 1 saturated heterocycles. The van der Waals surface area contributed by atoms with Gasteiger partial charge in [-0.15, -0.1) is 0 Å². The molecule has 0 bridgehead atoms. The fraction of sp³-hybridized carbons (Fsp3) is 0.538. The normalized spacial score (nSPS) is 17.6. The number of hydrogen-bond acceptors (Lipinski definition) is 3. The fourth-order valence-corrected chi connectivity index (χ4v) is 1.96. The Morgan fingerprint density at radius 1 is 1.25 bits per heavy atom. The highest BCUT2D eigenvalue weighted by molar-refractivity contribution is 5.30. The summed E-state index contributed by atoms with van der Waals surface area (Å²) in [5, 5.41) is 2.24. The summed E-state index contributed by atoms with van der Waals surface area (Å²) < 4.78 is 5.31. The highest BCUT2D eigenvalue weighted by Crippen LogP contribution is 2.10. The number of aryl methyl sites for hydroxylation is 2. The Labute approximate surface area is 97.4 Å². The number of ether oxygens (including phenoxy) is 1. The van der Waals surface area contributed by atoms with Crippen LogP contribution in [0.4, 0.5) is 0 Å². The second-order valence-electron chi connectivity index (χ2n) is 4.36. The molecule has 0 aromatic heterocycles. The third kappa shape index (κ3) is 3.04. The number of hydrogen-bond donors (Lipinski definition) is 1. The maximum Gasteiger partial charge on any atom is 0.0608 e. The summed E-state index contributed by atoms with van der Waals surface area (Å²) >= 11 is 0. The molecule has 16 heavy (non-hydrogen) atoms. The van der Waals surface area contributed by atoms with Crippen molar-refractivity contribution in [2.45, 2.75) is 20.4 Å². The van der Waals surface area contributed by atoms with Crippen LogP contribution in [0.2, 0.25) is 0 Å². The smallest absolute Gasteiger partial charge is 0.0608 e. The van der Waals surface area contributed by atoms with Crippen molar-refractivity contribution >= 4 is 0 Å². The first-order chi connectivity index (χ1) is 7.75. The molecule has 1 aromatic rings. The Bertz CT molecular complexity index is 346. The molecule has 1 aliphatic rings. The van der Waals surface area contributed by atoms with Gasteiger partial charge in [-0.2, -0.15) is 0 Å². The standard InChI is InChI=1S/C13H20N2O/c1-11-3-4-13(12(2)9-11)10-14-15-5-7-16-8-6-15/h3-4,9,14H,5-8,10H2,1-2H3. The fourth-order valence-electron chi connectivity index (χ4n) is 1.96. The van der Waals surface area contributed by atoms with Gasteiger partial charge in [0.2, 0.25) is 0 Å². The van der Waals surface area contributed by atoms with Crippen LogP contribution in [0.3, 0.4) is 0 Å². The summed E-state index contributed by atoms with van der Waals surface area (Å²) in [7, 11) is 0. The lowest BCUT2D eigenvalue weighted by molar-refractivity contribution is 0.0105. The summed E-state index contributed by atoms with van der Waals surface area (Å²) in [5.41, 5.74) is 7.51. The molecule has 3 nitrogen and oxygen atoms in total. The number of hydrazine groups is 1. The Hall–Kier alpha value is -0.900. The third-order valence-corrected chi connectivity index (χ3v) is 3.00. The SMILES string of the molecule is Cc1ccc(CNN2CCOCC2)c(C)c1. The van der Waals surface area contributed by atoms with Crippen LogP contribution in [0, 0.1) is 13.8 Å². The summed E-state index contributed by atoms with van der Waals surface area (Å²) in [4.78, 5) is 0. The molecular formula is C13H20N2O. The monoisotopic (exact) mass is 220 g/mol. The summed E-state index contributed by atoms with van der Waals surface area (Å²) in [6, 6.07) is 6.61. The molecule has 0 amide bonds. The second kappa shape index (κ2) is 5.43. The van der Waals surface area contributed by atoms with Gasteiger partial charge in [0.1, 0.15) is 0 Å². The average Bonchev–Trinajstić information content (AvgIpc) is 2.29. The van der Waals surface area contributed by atoms with E-state index in [9.17, 15) is 0 Å². The summed E-state index contributed by atoms with van der Waals surface area (Å²) in [6.45, 7) is 8.83. The largest absolute Gasteiger partial charge is 0.379 e. The van der Waals surface area contributed by atoms with Gasteiger partial charge in [-0.1, -0.05) is 23.8 Å². The molecule has 1 aliphatic heterocycles. The Morgan fingerprint density at radius 2 is 2.00 bits per heavy atom. The molecule has 2 rings (SSSR count). The van der Waals surface area contributed by atoms with Gasteiger partial charge in [0, 0.05) is 19.6 Å². The molecule has 0 unspecified atom stereocenters. The van der Waals surface area contributed by atoms with E-state index in [0.29, 0.717) is 0 Å². The van der Waals surface area contributed by atoms with E-state index in [2.05, 4.69) is 42.5 Å². The molecule has 0 spiro atoms. The van der Waals surface area contributed by atoms with Gasteiger partial charge in [-0.3, -0.25) is 5.43 Å². The zero-order valence-corrected chi connectivity index (χ0v) is 10.1. The predicted molar refractivity (Wildman–Crippen MR) is 65.1 cm³/mol. The van der Waals surface area contributed by atoms with E-state index in [1.165, 1.54) is 16.7 Å². The topological polar surface area (TPSA) is 24.5 Å². The number of benzene rings is 1. The van der Waals surface area contributed by atoms with Gasteiger partial charge >= 0.3 is 0 Å². The Morgan fingerprint density at radius 3 is 2.69 bits per heavy atom. The summed E-state index contributed by atoms with van der Waals surface area (Å²) in [6.07, 6.45) is 0. The van der Waals surface area contributed by atoms with E-state index < -0.39 is 0 Å². The average molecular weight is 220 g/mol. The third-order valence-electron chi connectivity index (χ3n) is 3.00. The lowest BCUT2D eigenvalue weighted by Gasteiger charge is -2.27. The van der Waals surface area contributed by atoms with Crippen molar-refractivity contribution < 1.29 is 4.74 Å². The highest BCUT2D eigenvalue weighted by atomic mass is 16.5. The molecule has 0 aliphatic carbocycles. The molecule has 0 radical (unpaired) electrons. The lowest BCUT2D eigenvalue weighted by Crippen LogP contribution is -2.45. The molecule has 1 heterocycles. The number of rotatable bonds is 3. The first-order valence-electron chi connectivity index (χ1n) is 5.88. The molecule has 1 fully saturated rings. The van der Waals surface area contributed by atoms with Crippen LogP contribution < -0.4 is 5.43 Å². The first kappa shape index (κ1) is 11.6. The minimum atomic E-state index is 0.833. The molecule has 1 aromatic carbocycles. The van der Waals surface area contributed by atoms with Crippen LogP contribution >= 0.6 is 0 Å². The van der Waals surface area contributed by atoms with E-state index in [1.54, 1.807) is 0 Å². The Balaban J connectivity index is 1.88. The summed E-state index contributed by atoms with van der Waals surface area (Å²) in [5.74, 6) is 0. The van der Waals surface area contributed by atoms with Gasteiger partial charge in [0.05, 0.1) is 13.2 Å². The molecule has 88 valence electrons. The predicted octanol–water partition coefficient (Wildman–Crippen LogP) is 1.64. The molecule has 0 atom stereocenters. The van der Waals surface area contributed by atoms with Crippen molar-refractivity contribution in [1.29, 1.82) is 0 Å². The van der Waals surface area contributed by atoms with E-state index in [0.717, 1.165) is 32.8 Å². The number of morpholine rings is 1. The van der Waals surface area contributed by atoms with E-state index >= 15 is 0 Å². The van der Waals surface area contributed by atoms with Crippen molar-refractivity contribution in [3.8, 4) is 0 Å². The first-order valence-corrected chi connectivity index (χ1v) is 5.88. The zero-order valence-electron chi connectivity index (χ0n) is 10.1. The molecule has 1 N–H and O–H groups in total. The molecular weight excluding hydrogens is 200 g/mol. The minimum absolute atomic E-state index is 0.833.